The lowest BCUT2D eigenvalue weighted by Gasteiger charge is -2.05. The average Bonchev–Trinajstić information content (AvgIpc) is 2.93. The van der Waals surface area contributed by atoms with Gasteiger partial charge in [0, 0.05) is 5.75 Å². The van der Waals surface area contributed by atoms with Gasteiger partial charge in [-0.15, -0.1) is 5.10 Å². The van der Waals surface area contributed by atoms with Crippen LogP contribution >= 0.6 is 11.8 Å². The number of carbonyl (C=O) groups excluding carboxylic acids is 1. The molecule has 0 atom stereocenters. The third kappa shape index (κ3) is 3.55. The summed E-state index contributed by atoms with van der Waals surface area (Å²) in [6.07, 6.45) is 0. The fourth-order valence-electron chi connectivity index (χ4n) is 1.51. The standard InChI is InChI=1S/C12H10FN5O2S/c1-20-10(19)6-18-12(15-16-17-18)21-7-9-4-2-3-8(5-14)11(9)13/h2-4H,6-7H2,1H3. The number of benzene rings is 1. The van der Waals surface area contributed by atoms with E-state index in [0.29, 0.717) is 10.7 Å². The molecule has 9 heteroatoms. The number of esters is 1. The van der Waals surface area contributed by atoms with E-state index in [1.54, 1.807) is 18.2 Å². The third-order valence-electron chi connectivity index (χ3n) is 2.56. The fourth-order valence-corrected chi connectivity index (χ4v) is 2.36. The molecule has 0 saturated heterocycles. The summed E-state index contributed by atoms with van der Waals surface area (Å²) in [5, 5.41) is 20.0. The molecule has 1 heterocycles. The summed E-state index contributed by atoms with van der Waals surface area (Å²) < 4.78 is 19.7. The number of halogens is 1. The lowest BCUT2D eigenvalue weighted by Crippen LogP contribution is -2.13. The van der Waals surface area contributed by atoms with Gasteiger partial charge in [-0.1, -0.05) is 23.9 Å². The maximum absolute atomic E-state index is 13.9. The van der Waals surface area contributed by atoms with Crippen LogP contribution in [0.1, 0.15) is 11.1 Å². The number of hydrogen-bond acceptors (Lipinski definition) is 7. The molecule has 7 nitrogen and oxygen atoms in total. The molecule has 0 fully saturated rings. The van der Waals surface area contributed by atoms with Gasteiger partial charge in [0.2, 0.25) is 5.16 Å². The molecule has 0 spiro atoms. The summed E-state index contributed by atoms with van der Waals surface area (Å²) in [7, 11) is 1.27. The van der Waals surface area contributed by atoms with E-state index in [1.807, 2.05) is 0 Å². The van der Waals surface area contributed by atoms with E-state index in [1.165, 1.54) is 17.9 Å². The Hall–Kier alpha value is -2.47. The first-order chi connectivity index (χ1) is 10.2. The number of carbonyl (C=O) groups is 1. The van der Waals surface area contributed by atoms with E-state index in [9.17, 15) is 9.18 Å². The summed E-state index contributed by atoms with van der Waals surface area (Å²) in [5.41, 5.74) is 0.355. The summed E-state index contributed by atoms with van der Waals surface area (Å²) in [5.74, 6) is -0.801. The molecule has 21 heavy (non-hydrogen) atoms. The lowest BCUT2D eigenvalue weighted by molar-refractivity contribution is -0.141. The zero-order valence-corrected chi connectivity index (χ0v) is 11.8. The van der Waals surface area contributed by atoms with Crippen molar-refractivity contribution >= 4 is 17.7 Å². The largest absolute Gasteiger partial charge is 0.468 e. The van der Waals surface area contributed by atoms with Gasteiger partial charge >= 0.3 is 5.97 Å². The number of tetrazole rings is 1. The smallest absolute Gasteiger partial charge is 0.327 e. The second-order valence-electron chi connectivity index (χ2n) is 3.87. The Balaban J connectivity index is 2.09. The van der Waals surface area contributed by atoms with Gasteiger partial charge in [-0.25, -0.2) is 9.07 Å². The topological polar surface area (TPSA) is 93.7 Å². The van der Waals surface area contributed by atoms with E-state index < -0.39 is 11.8 Å². The van der Waals surface area contributed by atoms with Gasteiger partial charge in [0.25, 0.3) is 0 Å². The number of methoxy groups -OCH3 is 1. The predicted molar refractivity (Wildman–Crippen MR) is 70.5 cm³/mol. The van der Waals surface area contributed by atoms with Crippen molar-refractivity contribution in [3.63, 3.8) is 0 Å². The Morgan fingerprint density at radius 3 is 3.10 bits per heavy atom. The number of rotatable bonds is 5. The molecule has 0 aliphatic carbocycles. The van der Waals surface area contributed by atoms with Crippen molar-refractivity contribution in [1.82, 2.24) is 20.2 Å². The maximum atomic E-state index is 13.9. The molecule has 0 N–H and O–H groups in total. The van der Waals surface area contributed by atoms with E-state index >= 15 is 0 Å². The van der Waals surface area contributed by atoms with Gasteiger partial charge < -0.3 is 4.74 Å². The molecule has 108 valence electrons. The highest BCUT2D eigenvalue weighted by atomic mass is 32.2. The quantitative estimate of drug-likeness (QED) is 0.604. The van der Waals surface area contributed by atoms with Crippen molar-refractivity contribution in [3.05, 3.63) is 35.1 Å². The van der Waals surface area contributed by atoms with Crippen LogP contribution in [0.15, 0.2) is 23.4 Å². The molecule has 2 rings (SSSR count). The number of nitrogens with zero attached hydrogens (tertiary/aromatic N) is 5. The average molecular weight is 307 g/mol. The van der Waals surface area contributed by atoms with E-state index in [-0.39, 0.29) is 17.9 Å². The minimum Gasteiger partial charge on any atom is -0.468 e. The molecule has 0 aliphatic heterocycles. The summed E-state index contributed by atoms with van der Waals surface area (Å²) in [6, 6.07) is 6.38. The number of ether oxygens (including phenoxy) is 1. The zero-order valence-electron chi connectivity index (χ0n) is 11.0. The second kappa shape index (κ2) is 6.81. The minimum absolute atomic E-state index is 0.0118. The van der Waals surface area contributed by atoms with Crippen molar-refractivity contribution in [2.45, 2.75) is 17.5 Å². The molecule has 0 aliphatic rings. The summed E-state index contributed by atoms with van der Waals surface area (Å²) in [4.78, 5) is 11.2. The van der Waals surface area contributed by atoms with Gasteiger partial charge in [-0.05, 0) is 22.1 Å². The summed E-state index contributed by atoms with van der Waals surface area (Å²) in [6.45, 7) is -0.119. The van der Waals surface area contributed by atoms with Crippen LogP contribution in [-0.4, -0.2) is 33.3 Å². The van der Waals surface area contributed by atoms with Crippen LogP contribution in [0, 0.1) is 17.1 Å². The van der Waals surface area contributed by atoms with Crippen LogP contribution in [0.4, 0.5) is 4.39 Å². The Morgan fingerprint density at radius 2 is 2.38 bits per heavy atom. The summed E-state index contributed by atoms with van der Waals surface area (Å²) >= 11 is 1.16. The molecule has 0 saturated carbocycles. The van der Waals surface area contributed by atoms with Crippen LogP contribution < -0.4 is 0 Å². The molecule has 0 radical (unpaired) electrons. The third-order valence-corrected chi connectivity index (χ3v) is 3.57. The van der Waals surface area contributed by atoms with Gasteiger partial charge in [0.15, 0.2) is 0 Å². The van der Waals surface area contributed by atoms with Gasteiger partial charge in [-0.2, -0.15) is 5.26 Å². The van der Waals surface area contributed by atoms with E-state index in [2.05, 4.69) is 20.3 Å². The van der Waals surface area contributed by atoms with Crippen molar-refractivity contribution in [3.8, 4) is 6.07 Å². The van der Waals surface area contributed by atoms with Crippen molar-refractivity contribution < 1.29 is 13.9 Å². The second-order valence-corrected chi connectivity index (χ2v) is 4.82. The SMILES string of the molecule is COC(=O)Cn1nnnc1SCc1cccc(C#N)c1F. The van der Waals surface area contributed by atoms with Crippen molar-refractivity contribution in [2.24, 2.45) is 0 Å². The highest BCUT2D eigenvalue weighted by Gasteiger charge is 2.13. The van der Waals surface area contributed by atoms with Gasteiger partial charge in [0.1, 0.15) is 18.4 Å². The fraction of sp³-hybridized carbons (Fsp3) is 0.250. The van der Waals surface area contributed by atoms with Crippen molar-refractivity contribution in [1.29, 1.82) is 5.26 Å². The van der Waals surface area contributed by atoms with E-state index in [4.69, 9.17) is 5.26 Å². The van der Waals surface area contributed by atoms with Gasteiger partial charge in [-0.3, -0.25) is 4.79 Å². The monoisotopic (exact) mass is 307 g/mol. The van der Waals surface area contributed by atoms with Crippen LogP contribution in [0.25, 0.3) is 0 Å². The van der Waals surface area contributed by atoms with E-state index in [0.717, 1.165) is 11.8 Å². The van der Waals surface area contributed by atoms with Gasteiger partial charge in [0.05, 0.1) is 12.7 Å². The minimum atomic E-state index is -0.556. The first-order valence-electron chi connectivity index (χ1n) is 5.79. The molecular weight excluding hydrogens is 297 g/mol. The first-order valence-corrected chi connectivity index (χ1v) is 6.77. The maximum Gasteiger partial charge on any atom is 0.327 e. The molecule has 0 amide bonds. The first kappa shape index (κ1) is 14.9. The van der Waals surface area contributed by atoms with Crippen LogP contribution in [0.5, 0.6) is 0 Å². The molecule has 2 aromatic rings. The number of hydrogen-bond donors (Lipinski definition) is 0. The number of aromatic nitrogens is 4. The normalized spacial score (nSPS) is 10.1. The Kier molecular flexibility index (Phi) is 4.84. The highest BCUT2D eigenvalue weighted by molar-refractivity contribution is 7.98. The lowest BCUT2D eigenvalue weighted by atomic mass is 10.1. The zero-order chi connectivity index (χ0) is 15.2. The van der Waals surface area contributed by atoms with Crippen LogP contribution in [-0.2, 0) is 21.8 Å². The molecular formula is C12H10FN5O2S. The Labute approximate surface area is 123 Å². The Bertz CT molecular complexity index is 697. The van der Waals surface area contributed by atoms with Crippen LogP contribution in [0.3, 0.4) is 0 Å². The molecule has 0 unspecified atom stereocenters. The predicted octanol–water partition coefficient (Wildman–Crippen LogP) is 1.15. The highest BCUT2D eigenvalue weighted by Crippen LogP contribution is 2.23. The van der Waals surface area contributed by atoms with Crippen LogP contribution in [0.2, 0.25) is 0 Å². The number of thioether (sulfide) groups is 1. The molecule has 1 aromatic heterocycles. The van der Waals surface area contributed by atoms with Crippen molar-refractivity contribution in [2.75, 3.05) is 7.11 Å². The Morgan fingerprint density at radius 1 is 1.57 bits per heavy atom. The number of nitriles is 1. The molecule has 1 aromatic carbocycles. The molecule has 0 bridgehead atoms.